The zero-order valence-corrected chi connectivity index (χ0v) is 13.4. The second kappa shape index (κ2) is 6.92. The lowest BCUT2D eigenvalue weighted by atomic mass is 9.79. The standard InChI is InChI=1S/C19H22N2O2/c1-23-18(22)19(17-7-3-2-4-8-17)10-13-21(15-19)12-9-16-6-5-11-20-14-16/h2-8,11,14H,9-10,12-13,15H2,1H3. The predicted molar refractivity (Wildman–Crippen MR) is 89.1 cm³/mol. The summed E-state index contributed by atoms with van der Waals surface area (Å²) in [7, 11) is 1.48. The lowest BCUT2D eigenvalue weighted by Crippen LogP contribution is -2.40. The maximum atomic E-state index is 12.5. The van der Waals surface area contributed by atoms with Crippen molar-refractivity contribution < 1.29 is 9.53 Å². The fourth-order valence-corrected chi connectivity index (χ4v) is 3.39. The van der Waals surface area contributed by atoms with E-state index in [0.717, 1.165) is 31.5 Å². The van der Waals surface area contributed by atoms with Crippen molar-refractivity contribution in [2.75, 3.05) is 26.7 Å². The van der Waals surface area contributed by atoms with Crippen molar-refractivity contribution in [1.82, 2.24) is 9.88 Å². The molecule has 23 heavy (non-hydrogen) atoms. The van der Waals surface area contributed by atoms with Gasteiger partial charge in [0.05, 0.1) is 7.11 Å². The maximum absolute atomic E-state index is 12.5. The first-order chi connectivity index (χ1) is 11.2. The van der Waals surface area contributed by atoms with Crippen LogP contribution in [0.3, 0.4) is 0 Å². The number of hydrogen-bond acceptors (Lipinski definition) is 4. The van der Waals surface area contributed by atoms with Crippen molar-refractivity contribution in [3.63, 3.8) is 0 Å². The molecule has 1 aromatic heterocycles. The van der Waals surface area contributed by atoms with E-state index in [-0.39, 0.29) is 5.97 Å². The van der Waals surface area contributed by atoms with Crippen LogP contribution < -0.4 is 0 Å². The highest BCUT2D eigenvalue weighted by Crippen LogP contribution is 2.35. The summed E-state index contributed by atoms with van der Waals surface area (Å²) in [5.41, 5.74) is 1.74. The average molecular weight is 310 g/mol. The van der Waals surface area contributed by atoms with Crippen molar-refractivity contribution in [2.24, 2.45) is 0 Å². The zero-order valence-electron chi connectivity index (χ0n) is 13.4. The fraction of sp³-hybridized carbons (Fsp3) is 0.368. The summed E-state index contributed by atoms with van der Waals surface area (Å²) in [4.78, 5) is 19.0. The number of carbonyl (C=O) groups excluding carboxylic acids is 1. The van der Waals surface area contributed by atoms with Crippen LogP contribution in [0.2, 0.25) is 0 Å². The fourth-order valence-electron chi connectivity index (χ4n) is 3.39. The van der Waals surface area contributed by atoms with Crippen molar-refractivity contribution in [1.29, 1.82) is 0 Å². The van der Waals surface area contributed by atoms with Gasteiger partial charge in [-0.25, -0.2) is 0 Å². The third-order valence-electron chi connectivity index (χ3n) is 4.69. The first kappa shape index (κ1) is 15.7. The SMILES string of the molecule is COC(=O)C1(c2ccccc2)CCN(CCc2cccnc2)C1. The molecular formula is C19H22N2O2. The van der Waals surface area contributed by atoms with Crippen LogP contribution >= 0.6 is 0 Å². The van der Waals surface area contributed by atoms with Gasteiger partial charge in [0.1, 0.15) is 5.41 Å². The Balaban J connectivity index is 1.72. The second-order valence-corrected chi connectivity index (χ2v) is 6.08. The Labute approximate surface area is 137 Å². The number of nitrogens with zero attached hydrogens (tertiary/aromatic N) is 2. The molecule has 0 radical (unpaired) electrons. The first-order valence-corrected chi connectivity index (χ1v) is 8.00. The molecule has 0 amide bonds. The molecule has 0 bridgehead atoms. The molecule has 1 saturated heterocycles. The highest BCUT2D eigenvalue weighted by Gasteiger charge is 2.46. The zero-order chi connectivity index (χ0) is 16.1. The third kappa shape index (κ3) is 3.27. The largest absolute Gasteiger partial charge is 0.468 e. The number of esters is 1. The van der Waals surface area contributed by atoms with E-state index in [0.29, 0.717) is 6.54 Å². The van der Waals surface area contributed by atoms with Crippen LogP contribution in [0.1, 0.15) is 17.5 Å². The van der Waals surface area contributed by atoms with Crippen LogP contribution in [0, 0.1) is 0 Å². The van der Waals surface area contributed by atoms with Gasteiger partial charge in [-0.3, -0.25) is 9.78 Å². The van der Waals surface area contributed by atoms with Gasteiger partial charge in [0.15, 0.2) is 0 Å². The molecule has 4 heteroatoms. The van der Waals surface area contributed by atoms with Crippen LogP contribution in [0.25, 0.3) is 0 Å². The molecule has 0 spiro atoms. The topological polar surface area (TPSA) is 42.4 Å². The summed E-state index contributed by atoms with van der Waals surface area (Å²) in [5.74, 6) is -0.132. The molecule has 1 fully saturated rings. The molecule has 1 atom stereocenters. The van der Waals surface area contributed by atoms with Crippen molar-refractivity contribution in [3.8, 4) is 0 Å². The molecule has 1 unspecified atom stereocenters. The molecule has 0 N–H and O–H groups in total. The molecule has 4 nitrogen and oxygen atoms in total. The molecule has 1 aliphatic heterocycles. The number of methoxy groups -OCH3 is 1. The molecular weight excluding hydrogens is 288 g/mol. The minimum absolute atomic E-state index is 0.132. The predicted octanol–water partition coefficient (Wildman–Crippen LogP) is 2.44. The summed E-state index contributed by atoms with van der Waals surface area (Å²) >= 11 is 0. The quantitative estimate of drug-likeness (QED) is 0.796. The normalized spacial score (nSPS) is 21.3. The van der Waals surface area contributed by atoms with E-state index in [4.69, 9.17) is 4.74 Å². The number of carbonyl (C=O) groups is 1. The Hall–Kier alpha value is -2.20. The van der Waals surface area contributed by atoms with Crippen molar-refractivity contribution in [2.45, 2.75) is 18.3 Å². The van der Waals surface area contributed by atoms with Gasteiger partial charge in [-0.15, -0.1) is 0 Å². The van der Waals surface area contributed by atoms with E-state index in [1.807, 2.05) is 42.6 Å². The van der Waals surface area contributed by atoms with Crippen LogP contribution in [-0.2, 0) is 21.4 Å². The smallest absolute Gasteiger partial charge is 0.317 e. The van der Waals surface area contributed by atoms with Crippen molar-refractivity contribution in [3.05, 3.63) is 66.0 Å². The van der Waals surface area contributed by atoms with Gasteiger partial charge < -0.3 is 9.64 Å². The molecule has 1 aliphatic rings. The summed E-state index contributed by atoms with van der Waals surface area (Å²) in [5, 5.41) is 0. The van der Waals surface area contributed by atoms with Gasteiger partial charge in [0.2, 0.25) is 0 Å². The molecule has 2 heterocycles. The third-order valence-corrected chi connectivity index (χ3v) is 4.69. The molecule has 120 valence electrons. The number of pyridine rings is 1. The minimum atomic E-state index is -0.537. The average Bonchev–Trinajstić information content (AvgIpc) is 3.06. The Morgan fingerprint density at radius 1 is 1.26 bits per heavy atom. The highest BCUT2D eigenvalue weighted by atomic mass is 16.5. The van der Waals surface area contributed by atoms with Gasteiger partial charge in [-0.2, -0.15) is 0 Å². The number of rotatable bonds is 5. The lowest BCUT2D eigenvalue weighted by Gasteiger charge is -2.27. The van der Waals surface area contributed by atoms with Gasteiger partial charge in [-0.1, -0.05) is 36.4 Å². The second-order valence-electron chi connectivity index (χ2n) is 6.08. The number of benzene rings is 1. The van der Waals surface area contributed by atoms with Gasteiger partial charge in [0.25, 0.3) is 0 Å². The van der Waals surface area contributed by atoms with E-state index < -0.39 is 5.41 Å². The van der Waals surface area contributed by atoms with E-state index in [1.165, 1.54) is 12.7 Å². The minimum Gasteiger partial charge on any atom is -0.468 e. The summed E-state index contributed by atoms with van der Waals surface area (Å²) in [6.45, 7) is 2.55. The van der Waals surface area contributed by atoms with Crippen LogP contribution in [0.5, 0.6) is 0 Å². The maximum Gasteiger partial charge on any atom is 0.317 e. The molecule has 2 aromatic rings. The summed E-state index contributed by atoms with van der Waals surface area (Å²) < 4.78 is 5.13. The molecule has 3 rings (SSSR count). The monoisotopic (exact) mass is 310 g/mol. The van der Waals surface area contributed by atoms with Gasteiger partial charge in [-0.05, 0) is 36.6 Å². The van der Waals surface area contributed by atoms with Gasteiger partial charge in [0, 0.05) is 25.5 Å². The van der Waals surface area contributed by atoms with Crippen LogP contribution in [0.4, 0.5) is 0 Å². The van der Waals surface area contributed by atoms with Crippen LogP contribution in [-0.4, -0.2) is 42.6 Å². The van der Waals surface area contributed by atoms with Gasteiger partial charge >= 0.3 is 5.97 Å². The van der Waals surface area contributed by atoms with Crippen LogP contribution in [0.15, 0.2) is 54.9 Å². The Morgan fingerprint density at radius 3 is 2.78 bits per heavy atom. The van der Waals surface area contributed by atoms with E-state index >= 15 is 0 Å². The highest BCUT2D eigenvalue weighted by molar-refractivity contribution is 5.84. The first-order valence-electron chi connectivity index (χ1n) is 8.00. The number of aromatic nitrogens is 1. The number of likely N-dealkylation sites (tertiary alicyclic amines) is 1. The number of hydrogen-bond donors (Lipinski definition) is 0. The Morgan fingerprint density at radius 2 is 2.09 bits per heavy atom. The summed E-state index contributed by atoms with van der Waals surface area (Å²) in [6.07, 6.45) is 5.44. The lowest BCUT2D eigenvalue weighted by molar-refractivity contribution is -0.147. The molecule has 1 aromatic carbocycles. The van der Waals surface area contributed by atoms with E-state index in [2.05, 4.69) is 16.0 Å². The Bertz CT molecular complexity index is 645. The summed E-state index contributed by atoms with van der Waals surface area (Å²) in [6, 6.07) is 14.1. The number of ether oxygens (including phenoxy) is 1. The molecule has 0 saturated carbocycles. The molecule has 0 aliphatic carbocycles. The Kier molecular flexibility index (Phi) is 4.72. The van der Waals surface area contributed by atoms with E-state index in [1.54, 1.807) is 6.20 Å². The van der Waals surface area contributed by atoms with Crippen molar-refractivity contribution >= 4 is 5.97 Å². The van der Waals surface area contributed by atoms with E-state index in [9.17, 15) is 4.79 Å².